The van der Waals surface area contributed by atoms with Gasteiger partial charge in [0.2, 0.25) is 5.75 Å². The second-order valence-corrected chi connectivity index (χ2v) is 10.0. The van der Waals surface area contributed by atoms with Crippen molar-refractivity contribution < 1.29 is 42.9 Å². The Bertz CT molecular complexity index is 1580. The molecule has 4 rings (SSSR count). The number of ether oxygens (including phenoxy) is 5. The highest BCUT2D eigenvalue weighted by molar-refractivity contribution is 9.11. The first-order chi connectivity index (χ1) is 19.6. The molecule has 1 saturated heterocycles. The monoisotopic (exact) mass is 688 g/mol. The van der Waals surface area contributed by atoms with Crippen molar-refractivity contribution >= 4 is 67.4 Å². The molecule has 1 aliphatic rings. The Hall–Kier alpha value is -4.36. The molecule has 1 fully saturated rings. The van der Waals surface area contributed by atoms with Crippen LogP contribution in [-0.2, 0) is 9.59 Å². The first-order valence-electron chi connectivity index (χ1n) is 11.7. The Balaban J connectivity index is 1.77. The molecule has 0 bridgehead atoms. The third-order valence-electron chi connectivity index (χ3n) is 5.86. The van der Waals surface area contributed by atoms with Gasteiger partial charge in [-0.05, 0) is 58.4 Å². The number of barbiturate groups is 1. The zero-order chi connectivity index (χ0) is 29.8. The van der Waals surface area contributed by atoms with Crippen LogP contribution in [0.1, 0.15) is 15.9 Å². The van der Waals surface area contributed by atoms with Gasteiger partial charge in [-0.1, -0.05) is 28.1 Å². The summed E-state index contributed by atoms with van der Waals surface area (Å²) >= 11 is 6.75. The standard InChI is InChI=1S/C28H22Br2N2O9/c1-37-20-8-6-5-7-19(20)32-26(34)17(25(33)31-28(32)36)10-14-9-16(29)13-18(30)23(14)41-27(35)15-11-21(38-2)24(40-4)22(12-15)39-3/h5-13H,1-4H3,(H,31,33,36)/b17-10-. The largest absolute Gasteiger partial charge is 0.495 e. The molecule has 0 radical (unpaired) electrons. The number of halogens is 2. The predicted octanol–water partition coefficient (Wildman–Crippen LogP) is 5.13. The van der Waals surface area contributed by atoms with Crippen molar-refractivity contribution in [1.82, 2.24) is 5.32 Å². The van der Waals surface area contributed by atoms with Gasteiger partial charge in [0, 0.05) is 10.0 Å². The van der Waals surface area contributed by atoms with Crippen LogP contribution in [0.2, 0.25) is 0 Å². The maximum absolute atomic E-state index is 13.5. The molecular formula is C28H22Br2N2O9. The first kappa shape index (κ1) is 29.6. The van der Waals surface area contributed by atoms with E-state index in [4.69, 9.17) is 23.7 Å². The van der Waals surface area contributed by atoms with Crippen LogP contribution in [0.25, 0.3) is 6.08 Å². The number of methoxy groups -OCH3 is 4. The Kier molecular flexibility index (Phi) is 8.98. The van der Waals surface area contributed by atoms with Crippen LogP contribution >= 0.6 is 31.9 Å². The second-order valence-electron chi connectivity index (χ2n) is 8.24. The highest BCUT2D eigenvalue weighted by Gasteiger charge is 2.38. The molecule has 212 valence electrons. The first-order valence-corrected chi connectivity index (χ1v) is 13.3. The fourth-order valence-corrected chi connectivity index (χ4v) is 5.33. The van der Waals surface area contributed by atoms with E-state index in [1.807, 2.05) is 0 Å². The zero-order valence-electron chi connectivity index (χ0n) is 22.1. The molecule has 41 heavy (non-hydrogen) atoms. The number of amides is 4. The zero-order valence-corrected chi connectivity index (χ0v) is 25.2. The van der Waals surface area contributed by atoms with Crippen molar-refractivity contribution in [3.05, 3.63) is 74.2 Å². The van der Waals surface area contributed by atoms with E-state index in [1.165, 1.54) is 52.7 Å². The summed E-state index contributed by atoms with van der Waals surface area (Å²) in [5.74, 6) is -1.61. The summed E-state index contributed by atoms with van der Waals surface area (Å²) in [6.07, 6.45) is 1.22. The highest BCUT2D eigenvalue weighted by Crippen LogP contribution is 2.40. The van der Waals surface area contributed by atoms with Gasteiger partial charge in [-0.2, -0.15) is 0 Å². The quantitative estimate of drug-likeness (QED) is 0.148. The normalized spacial score (nSPS) is 14.0. The van der Waals surface area contributed by atoms with Gasteiger partial charge >= 0.3 is 12.0 Å². The predicted molar refractivity (Wildman–Crippen MR) is 155 cm³/mol. The van der Waals surface area contributed by atoms with Crippen molar-refractivity contribution in [2.24, 2.45) is 0 Å². The smallest absolute Gasteiger partial charge is 0.343 e. The topological polar surface area (TPSA) is 130 Å². The van der Waals surface area contributed by atoms with Crippen LogP contribution in [0.5, 0.6) is 28.7 Å². The molecule has 0 aromatic heterocycles. The molecule has 0 saturated carbocycles. The van der Waals surface area contributed by atoms with Crippen molar-refractivity contribution in [3.8, 4) is 28.7 Å². The van der Waals surface area contributed by atoms with Gasteiger partial charge in [0.25, 0.3) is 11.8 Å². The number of benzene rings is 3. The SMILES string of the molecule is COc1ccccc1N1C(=O)NC(=O)/C(=C/c2cc(Br)cc(Br)c2OC(=O)c2cc(OC)c(OC)c(OC)c2)C1=O. The van der Waals surface area contributed by atoms with E-state index in [-0.39, 0.29) is 51.1 Å². The number of hydrogen-bond donors (Lipinski definition) is 1. The van der Waals surface area contributed by atoms with Crippen LogP contribution in [-0.4, -0.2) is 52.3 Å². The van der Waals surface area contributed by atoms with Crippen molar-refractivity contribution in [3.63, 3.8) is 0 Å². The number of imide groups is 2. The average Bonchev–Trinajstić information content (AvgIpc) is 2.95. The van der Waals surface area contributed by atoms with Crippen LogP contribution < -0.4 is 33.9 Å². The molecule has 0 atom stereocenters. The van der Waals surface area contributed by atoms with E-state index in [9.17, 15) is 19.2 Å². The fourth-order valence-electron chi connectivity index (χ4n) is 3.99. The number of hydrogen-bond acceptors (Lipinski definition) is 9. The number of nitrogens with one attached hydrogen (secondary N) is 1. The molecule has 0 aliphatic carbocycles. The summed E-state index contributed by atoms with van der Waals surface area (Å²) < 4.78 is 27.8. The number of carbonyl (C=O) groups excluding carboxylic acids is 4. The number of rotatable bonds is 8. The number of para-hydroxylation sites is 2. The summed E-state index contributed by atoms with van der Waals surface area (Å²) in [6, 6.07) is 11.4. The van der Waals surface area contributed by atoms with Gasteiger partial charge in [0.05, 0.1) is 44.2 Å². The number of esters is 1. The average molecular weight is 690 g/mol. The van der Waals surface area contributed by atoms with Gasteiger partial charge < -0.3 is 23.7 Å². The second kappa shape index (κ2) is 12.4. The summed E-state index contributed by atoms with van der Waals surface area (Å²) in [5.41, 5.74) is 0.0122. The molecule has 13 heteroatoms. The lowest BCUT2D eigenvalue weighted by atomic mass is 10.1. The minimum Gasteiger partial charge on any atom is -0.495 e. The molecule has 4 amide bonds. The third-order valence-corrected chi connectivity index (χ3v) is 6.91. The molecule has 0 unspecified atom stereocenters. The lowest BCUT2D eigenvalue weighted by Crippen LogP contribution is -2.54. The van der Waals surface area contributed by atoms with Gasteiger partial charge in [0.15, 0.2) is 17.2 Å². The summed E-state index contributed by atoms with van der Waals surface area (Å²) in [7, 11) is 5.64. The third kappa shape index (κ3) is 5.91. The van der Waals surface area contributed by atoms with E-state index >= 15 is 0 Å². The van der Waals surface area contributed by atoms with E-state index in [1.54, 1.807) is 30.3 Å². The fraction of sp³-hybridized carbons (Fsp3) is 0.143. The Labute approximate surface area is 251 Å². The van der Waals surface area contributed by atoms with E-state index in [2.05, 4.69) is 37.2 Å². The molecule has 1 heterocycles. The number of carbonyl (C=O) groups is 4. The minimum absolute atomic E-state index is 0.000735. The van der Waals surface area contributed by atoms with Gasteiger partial charge in [-0.15, -0.1) is 0 Å². The minimum atomic E-state index is -0.939. The molecule has 1 aliphatic heterocycles. The molecule has 0 spiro atoms. The lowest BCUT2D eigenvalue weighted by Gasteiger charge is -2.27. The molecule has 11 nitrogen and oxygen atoms in total. The Morgan fingerprint density at radius 2 is 1.46 bits per heavy atom. The Morgan fingerprint density at radius 3 is 2.07 bits per heavy atom. The van der Waals surface area contributed by atoms with Crippen molar-refractivity contribution in [2.45, 2.75) is 0 Å². The summed E-state index contributed by atoms with van der Waals surface area (Å²) in [4.78, 5) is 53.1. The number of nitrogens with zero attached hydrogens (tertiary/aromatic N) is 1. The maximum atomic E-state index is 13.5. The van der Waals surface area contributed by atoms with E-state index in [0.29, 0.717) is 8.95 Å². The molecule has 1 N–H and O–H groups in total. The van der Waals surface area contributed by atoms with E-state index < -0.39 is 23.8 Å². The van der Waals surface area contributed by atoms with Crippen LogP contribution in [0.4, 0.5) is 10.5 Å². The lowest BCUT2D eigenvalue weighted by molar-refractivity contribution is -0.122. The van der Waals surface area contributed by atoms with E-state index in [0.717, 1.165) is 4.90 Å². The maximum Gasteiger partial charge on any atom is 0.343 e. The van der Waals surface area contributed by atoms with Crippen LogP contribution in [0, 0.1) is 0 Å². The highest BCUT2D eigenvalue weighted by atomic mass is 79.9. The summed E-state index contributed by atoms with van der Waals surface area (Å²) in [5, 5.41) is 2.16. The van der Waals surface area contributed by atoms with Gasteiger partial charge in [-0.3, -0.25) is 14.9 Å². The summed E-state index contributed by atoms with van der Waals surface area (Å²) in [6.45, 7) is 0. The molecular weight excluding hydrogens is 668 g/mol. The van der Waals surface area contributed by atoms with Crippen molar-refractivity contribution in [1.29, 1.82) is 0 Å². The van der Waals surface area contributed by atoms with Crippen molar-refractivity contribution in [2.75, 3.05) is 33.3 Å². The van der Waals surface area contributed by atoms with Gasteiger partial charge in [-0.25, -0.2) is 14.5 Å². The van der Waals surface area contributed by atoms with Gasteiger partial charge in [0.1, 0.15) is 11.3 Å². The van der Waals surface area contributed by atoms with Crippen LogP contribution in [0.15, 0.2) is 63.0 Å². The van der Waals surface area contributed by atoms with Crippen LogP contribution in [0.3, 0.4) is 0 Å². The number of urea groups is 1. The number of anilines is 1. The Morgan fingerprint density at radius 1 is 0.829 bits per heavy atom. The molecule has 3 aromatic carbocycles. The molecule has 3 aromatic rings.